The van der Waals surface area contributed by atoms with Crippen LogP contribution >= 0.6 is 0 Å². The first-order chi connectivity index (χ1) is 14.9. The van der Waals surface area contributed by atoms with Crippen LogP contribution in [0.3, 0.4) is 0 Å². The molecular weight excluding hydrogens is 388 g/mol. The second-order valence-electron chi connectivity index (χ2n) is 7.27. The molecule has 0 aliphatic heterocycles. The number of carbonyl (C=O) groups is 2. The van der Waals surface area contributed by atoms with Crippen LogP contribution in [0.25, 0.3) is 6.08 Å². The van der Waals surface area contributed by atoms with Gasteiger partial charge in [-0.1, -0.05) is 42.0 Å². The zero-order chi connectivity index (χ0) is 22.4. The van der Waals surface area contributed by atoms with E-state index in [2.05, 4.69) is 5.32 Å². The Morgan fingerprint density at radius 3 is 2.19 bits per heavy atom. The molecule has 0 spiro atoms. The second kappa shape index (κ2) is 9.55. The van der Waals surface area contributed by atoms with E-state index in [1.54, 1.807) is 36.4 Å². The van der Waals surface area contributed by atoms with E-state index in [-0.39, 0.29) is 5.57 Å². The maximum atomic E-state index is 12.5. The Kier molecular flexibility index (Phi) is 6.64. The van der Waals surface area contributed by atoms with Crippen molar-refractivity contribution in [2.24, 2.45) is 0 Å². The van der Waals surface area contributed by atoms with Gasteiger partial charge < -0.3 is 10.1 Å². The topological polar surface area (TPSA) is 79.2 Å². The molecule has 5 nitrogen and oxygen atoms in total. The van der Waals surface area contributed by atoms with Crippen molar-refractivity contribution in [3.63, 3.8) is 0 Å². The van der Waals surface area contributed by atoms with Gasteiger partial charge in [0.1, 0.15) is 17.4 Å². The molecule has 3 aromatic carbocycles. The van der Waals surface area contributed by atoms with Crippen molar-refractivity contribution in [1.82, 2.24) is 0 Å². The SMILES string of the molecule is Cc1ccc(C(=O)Oc2ccc(C=C(C#N)C(=O)Nc3cc(C)ccc3C)cc2)cc1. The van der Waals surface area contributed by atoms with Crippen LogP contribution in [0.1, 0.15) is 32.6 Å². The number of nitrogens with one attached hydrogen (secondary N) is 1. The summed E-state index contributed by atoms with van der Waals surface area (Å²) >= 11 is 0. The fourth-order valence-corrected chi connectivity index (χ4v) is 2.86. The fraction of sp³-hybridized carbons (Fsp3) is 0.115. The summed E-state index contributed by atoms with van der Waals surface area (Å²) in [6.07, 6.45) is 1.49. The summed E-state index contributed by atoms with van der Waals surface area (Å²) in [6.45, 7) is 5.77. The summed E-state index contributed by atoms with van der Waals surface area (Å²) in [5, 5.41) is 12.2. The molecular formula is C26H22N2O3. The van der Waals surface area contributed by atoms with Crippen molar-refractivity contribution >= 4 is 23.6 Å². The van der Waals surface area contributed by atoms with Gasteiger partial charge >= 0.3 is 5.97 Å². The molecule has 1 N–H and O–H groups in total. The average molecular weight is 410 g/mol. The van der Waals surface area contributed by atoms with Crippen molar-refractivity contribution in [1.29, 1.82) is 5.26 Å². The van der Waals surface area contributed by atoms with Crippen molar-refractivity contribution in [2.75, 3.05) is 5.32 Å². The Bertz CT molecular complexity index is 1180. The lowest BCUT2D eigenvalue weighted by molar-refractivity contribution is -0.112. The zero-order valence-electron chi connectivity index (χ0n) is 17.6. The molecule has 0 aliphatic rings. The standard InChI is InChI=1S/C26H22N2O3/c1-17-5-10-21(11-6-17)26(30)31-23-12-8-20(9-13-23)15-22(16-27)25(29)28-24-14-18(2)4-7-19(24)3/h4-15H,1-3H3,(H,28,29). The van der Waals surface area contributed by atoms with Crippen LogP contribution in [0.4, 0.5) is 5.69 Å². The highest BCUT2D eigenvalue weighted by atomic mass is 16.5. The molecule has 0 aliphatic carbocycles. The predicted octanol–water partition coefficient (Wildman–Crippen LogP) is 5.38. The Morgan fingerprint density at radius 2 is 1.55 bits per heavy atom. The highest BCUT2D eigenvalue weighted by molar-refractivity contribution is 6.10. The first-order valence-electron chi connectivity index (χ1n) is 9.75. The molecule has 0 radical (unpaired) electrons. The Hall–Kier alpha value is -4.17. The third-order valence-electron chi connectivity index (χ3n) is 4.70. The van der Waals surface area contributed by atoms with Crippen LogP contribution in [0.15, 0.2) is 72.3 Å². The number of hydrogen-bond acceptors (Lipinski definition) is 4. The van der Waals surface area contributed by atoms with Crippen LogP contribution in [0.2, 0.25) is 0 Å². The van der Waals surface area contributed by atoms with E-state index < -0.39 is 11.9 Å². The van der Waals surface area contributed by atoms with Gasteiger partial charge in [-0.05, 0) is 73.9 Å². The lowest BCUT2D eigenvalue weighted by Crippen LogP contribution is -2.14. The number of nitriles is 1. The van der Waals surface area contributed by atoms with Gasteiger partial charge in [-0.2, -0.15) is 5.26 Å². The molecule has 3 aromatic rings. The van der Waals surface area contributed by atoms with Crippen LogP contribution < -0.4 is 10.1 Å². The Morgan fingerprint density at radius 1 is 0.903 bits per heavy atom. The molecule has 154 valence electrons. The molecule has 0 heterocycles. The van der Waals surface area contributed by atoms with Gasteiger partial charge in [0, 0.05) is 5.69 Å². The lowest BCUT2D eigenvalue weighted by Gasteiger charge is -2.09. The molecule has 0 bridgehead atoms. The molecule has 0 unspecified atom stereocenters. The van der Waals surface area contributed by atoms with E-state index in [1.807, 2.05) is 57.2 Å². The van der Waals surface area contributed by atoms with E-state index in [4.69, 9.17) is 4.74 Å². The zero-order valence-corrected chi connectivity index (χ0v) is 17.6. The van der Waals surface area contributed by atoms with Crippen LogP contribution in [0, 0.1) is 32.1 Å². The average Bonchev–Trinajstić information content (AvgIpc) is 2.76. The van der Waals surface area contributed by atoms with Crippen molar-refractivity contribution in [3.8, 4) is 11.8 Å². The number of amides is 1. The summed E-state index contributed by atoms with van der Waals surface area (Å²) in [5.41, 5.74) is 4.74. The van der Waals surface area contributed by atoms with E-state index >= 15 is 0 Å². The maximum absolute atomic E-state index is 12.5. The van der Waals surface area contributed by atoms with Gasteiger partial charge in [-0.25, -0.2) is 4.79 Å². The highest BCUT2D eigenvalue weighted by Gasteiger charge is 2.12. The number of esters is 1. The first-order valence-corrected chi connectivity index (χ1v) is 9.75. The van der Waals surface area contributed by atoms with Crippen LogP contribution in [-0.2, 0) is 4.79 Å². The molecule has 0 saturated heterocycles. The third kappa shape index (κ3) is 5.68. The normalized spacial score (nSPS) is 10.8. The lowest BCUT2D eigenvalue weighted by atomic mass is 10.1. The quantitative estimate of drug-likeness (QED) is 0.265. The van der Waals surface area contributed by atoms with Crippen LogP contribution in [-0.4, -0.2) is 11.9 Å². The van der Waals surface area contributed by atoms with Gasteiger partial charge in [0.05, 0.1) is 5.56 Å². The van der Waals surface area contributed by atoms with Gasteiger partial charge in [0.25, 0.3) is 5.91 Å². The molecule has 5 heteroatoms. The van der Waals surface area contributed by atoms with E-state index in [1.165, 1.54) is 6.08 Å². The summed E-state index contributed by atoms with van der Waals surface area (Å²) in [6, 6.07) is 21.4. The number of carbonyl (C=O) groups excluding carboxylic acids is 2. The summed E-state index contributed by atoms with van der Waals surface area (Å²) in [7, 11) is 0. The summed E-state index contributed by atoms with van der Waals surface area (Å²) in [5.74, 6) is -0.555. The van der Waals surface area contributed by atoms with Gasteiger partial charge in [0.2, 0.25) is 0 Å². The number of benzene rings is 3. The van der Waals surface area contributed by atoms with Gasteiger partial charge in [-0.15, -0.1) is 0 Å². The molecule has 0 saturated carbocycles. The van der Waals surface area contributed by atoms with Crippen molar-refractivity contribution in [2.45, 2.75) is 20.8 Å². The Labute approximate surface area is 181 Å². The highest BCUT2D eigenvalue weighted by Crippen LogP contribution is 2.19. The third-order valence-corrected chi connectivity index (χ3v) is 4.70. The molecule has 0 fully saturated rings. The monoisotopic (exact) mass is 410 g/mol. The van der Waals surface area contributed by atoms with Gasteiger partial charge in [0.15, 0.2) is 0 Å². The number of rotatable bonds is 5. The van der Waals surface area contributed by atoms with E-state index in [9.17, 15) is 14.9 Å². The van der Waals surface area contributed by atoms with Crippen molar-refractivity contribution in [3.05, 3.63) is 100 Å². The van der Waals surface area contributed by atoms with E-state index in [0.29, 0.717) is 22.6 Å². The summed E-state index contributed by atoms with van der Waals surface area (Å²) in [4.78, 5) is 24.8. The molecule has 31 heavy (non-hydrogen) atoms. The minimum absolute atomic E-state index is 0.0229. The second-order valence-corrected chi connectivity index (χ2v) is 7.27. The minimum Gasteiger partial charge on any atom is -0.423 e. The largest absolute Gasteiger partial charge is 0.423 e. The first kappa shape index (κ1) is 21.5. The van der Waals surface area contributed by atoms with E-state index in [0.717, 1.165) is 16.7 Å². The molecule has 0 aromatic heterocycles. The number of aryl methyl sites for hydroxylation is 3. The van der Waals surface area contributed by atoms with Crippen molar-refractivity contribution < 1.29 is 14.3 Å². The molecule has 0 atom stereocenters. The number of hydrogen-bond donors (Lipinski definition) is 1. The predicted molar refractivity (Wildman–Crippen MR) is 121 cm³/mol. The molecule has 1 amide bonds. The number of ether oxygens (including phenoxy) is 1. The maximum Gasteiger partial charge on any atom is 0.343 e. The van der Waals surface area contributed by atoms with Crippen LogP contribution in [0.5, 0.6) is 5.75 Å². The summed E-state index contributed by atoms with van der Waals surface area (Å²) < 4.78 is 5.37. The number of anilines is 1. The number of nitrogens with zero attached hydrogens (tertiary/aromatic N) is 1. The minimum atomic E-state index is -0.480. The molecule has 3 rings (SSSR count). The van der Waals surface area contributed by atoms with Gasteiger partial charge in [-0.3, -0.25) is 4.79 Å². The Balaban J connectivity index is 1.70. The smallest absolute Gasteiger partial charge is 0.343 e. The fourth-order valence-electron chi connectivity index (χ4n) is 2.86.